The lowest BCUT2D eigenvalue weighted by Gasteiger charge is -2.18. The number of nitrogens with zero attached hydrogens (tertiary/aromatic N) is 1. The molecule has 1 N–H and O–H groups in total. The molecule has 3 rings (SSSR count). The van der Waals surface area contributed by atoms with Crippen LogP contribution < -0.4 is 5.32 Å². The molecule has 1 aliphatic heterocycles. The molecule has 0 spiro atoms. The Hall–Kier alpha value is -2.21. The minimum atomic E-state index is -3.35. The number of rotatable bonds is 2. The van der Waals surface area contributed by atoms with Crippen molar-refractivity contribution >= 4 is 21.1 Å². The van der Waals surface area contributed by atoms with Crippen molar-refractivity contribution in [1.82, 2.24) is 4.98 Å². The zero-order valence-corrected chi connectivity index (χ0v) is 12.1. The first-order valence-corrected chi connectivity index (χ1v) is 8.24. The minimum absolute atomic E-state index is 0.0333. The molecule has 4 nitrogen and oxygen atoms in total. The quantitative estimate of drug-likeness (QED) is 0.926. The molecule has 0 saturated carbocycles. The molecule has 0 unspecified atom stereocenters. The third kappa shape index (κ3) is 2.80. The fourth-order valence-electron chi connectivity index (χ4n) is 2.24. The molecule has 1 aromatic heterocycles. The first kappa shape index (κ1) is 13.8. The molecule has 1 aromatic carbocycles. The topological polar surface area (TPSA) is 59.1 Å². The average Bonchev–Trinajstić information content (AvgIpc) is 2.45. The summed E-state index contributed by atoms with van der Waals surface area (Å²) in [5, 5.41) is 3.11. The van der Waals surface area contributed by atoms with Gasteiger partial charge in [-0.2, -0.15) is 0 Å². The van der Waals surface area contributed by atoms with Crippen LogP contribution in [0.2, 0.25) is 0 Å². The number of hydrogen-bond acceptors (Lipinski definition) is 4. The van der Waals surface area contributed by atoms with E-state index in [1.165, 1.54) is 18.2 Å². The van der Waals surface area contributed by atoms with E-state index < -0.39 is 9.84 Å². The fourth-order valence-corrected chi connectivity index (χ4v) is 2.83. The highest BCUT2D eigenvalue weighted by Crippen LogP contribution is 2.29. The van der Waals surface area contributed by atoms with Gasteiger partial charge in [0.05, 0.1) is 5.69 Å². The van der Waals surface area contributed by atoms with Crippen molar-refractivity contribution in [1.29, 1.82) is 0 Å². The lowest BCUT2D eigenvalue weighted by Crippen LogP contribution is -2.08. The molecule has 0 fully saturated rings. The maximum absolute atomic E-state index is 13.3. The predicted molar refractivity (Wildman–Crippen MR) is 79.1 cm³/mol. The van der Waals surface area contributed by atoms with E-state index in [4.69, 9.17) is 0 Å². The Labute approximate surface area is 122 Å². The standard InChI is InChI=1S/C15H13FN2O2S/c1-21(19,20)15-4-2-3-14(18-15)11-7-10-8-12(16)5-6-13(10)17-9-11/h2-6,8-9,17H,7H2,1H3. The molecule has 1 aliphatic rings. The van der Waals surface area contributed by atoms with Gasteiger partial charge in [0.1, 0.15) is 5.82 Å². The van der Waals surface area contributed by atoms with Gasteiger partial charge in [-0.15, -0.1) is 0 Å². The van der Waals surface area contributed by atoms with Gasteiger partial charge in [0.2, 0.25) is 0 Å². The fraction of sp³-hybridized carbons (Fsp3) is 0.133. The molecule has 0 atom stereocenters. The molecular weight excluding hydrogens is 291 g/mol. The first-order chi connectivity index (χ1) is 9.93. The van der Waals surface area contributed by atoms with Gasteiger partial charge in [0.15, 0.2) is 14.9 Å². The van der Waals surface area contributed by atoms with E-state index >= 15 is 0 Å². The number of pyridine rings is 1. The number of allylic oxidation sites excluding steroid dienone is 1. The van der Waals surface area contributed by atoms with Crippen LogP contribution in [0.15, 0.2) is 47.6 Å². The highest BCUT2D eigenvalue weighted by Gasteiger charge is 2.16. The Morgan fingerprint density at radius 1 is 1.24 bits per heavy atom. The van der Waals surface area contributed by atoms with Crippen LogP contribution in [0, 0.1) is 5.82 Å². The van der Waals surface area contributed by atoms with Crippen molar-refractivity contribution < 1.29 is 12.8 Å². The van der Waals surface area contributed by atoms with E-state index in [-0.39, 0.29) is 10.8 Å². The molecule has 0 saturated heterocycles. The Balaban J connectivity index is 1.98. The van der Waals surface area contributed by atoms with Gasteiger partial charge in [-0.05, 0) is 41.5 Å². The number of fused-ring (bicyclic) bond motifs is 1. The molecule has 0 aliphatic carbocycles. The third-order valence-electron chi connectivity index (χ3n) is 3.28. The van der Waals surface area contributed by atoms with Gasteiger partial charge < -0.3 is 5.32 Å². The summed E-state index contributed by atoms with van der Waals surface area (Å²) in [5.74, 6) is -0.297. The van der Waals surface area contributed by atoms with Gasteiger partial charge in [0.25, 0.3) is 0 Å². The lowest BCUT2D eigenvalue weighted by molar-refractivity contribution is 0.598. The zero-order chi connectivity index (χ0) is 15.0. The number of benzene rings is 1. The van der Waals surface area contributed by atoms with E-state index in [1.54, 1.807) is 24.4 Å². The van der Waals surface area contributed by atoms with Crippen LogP contribution in [0.5, 0.6) is 0 Å². The second-order valence-electron chi connectivity index (χ2n) is 4.93. The van der Waals surface area contributed by atoms with Crippen LogP contribution in [0.25, 0.3) is 5.57 Å². The summed E-state index contributed by atoms with van der Waals surface area (Å²) < 4.78 is 36.4. The molecule has 0 bridgehead atoms. The maximum Gasteiger partial charge on any atom is 0.192 e. The van der Waals surface area contributed by atoms with Crippen LogP contribution in [-0.2, 0) is 16.3 Å². The Bertz CT molecular complexity index is 845. The summed E-state index contributed by atoms with van der Waals surface area (Å²) in [7, 11) is -3.35. The molecule has 2 heterocycles. The van der Waals surface area contributed by atoms with Gasteiger partial charge in [-0.1, -0.05) is 6.07 Å². The van der Waals surface area contributed by atoms with Crippen LogP contribution in [0.1, 0.15) is 11.3 Å². The summed E-state index contributed by atoms with van der Waals surface area (Å²) in [6, 6.07) is 9.40. The van der Waals surface area contributed by atoms with Crippen LogP contribution in [0.4, 0.5) is 10.1 Å². The van der Waals surface area contributed by atoms with Crippen molar-refractivity contribution in [2.75, 3.05) is 11.6 Å². The number of hydrogen-bond donors (Lipinski definition) is 1. The normalized spacial score (nSPS) is 14.1. The van der Waals surface area contributed by atoms with Crippen LogP contribution in [0.3, 0.4) is 0 Å². The van der Waals surface area contributed by atoms with Gasteiger partial charge >= 0.3 is 0 Å². The lowest BCUT2D eigenvalue weighted by atomic mass is 9.98. The average molecular weight is 304 g/mol. The molecule has 108 valence electrons. The van der Waals surface area contributed by atoms with Crippen molar-refractivity contribution in [3.63, 3.8) is 0 Å². The molecule has 0 radical (unpaired) electrons. The summed E-state index contributed by atoms with van der Waals surface area (Å²) in [4.78, 5) is 4.17. The summed E-state index contributed by atoms with van der Waals surface area (Å²) in [6.07, 6.45) is 3.40. The number of anilines is 1. The first-order valence-electron chi connectivity index (χ1n) is 6.35. The second-order valence-corrected chi connectivity index (χ2v) is 6.89. The number of halogens is 1. The Kier molecular flexibility index (Phi) is 3.25. The van der Waals surface area contributed by atoms with Crippen LogP contribution >= 0.6 is 0 Å². The number of nitrogens with one attached hydrogen (secondary N) is 1. The Morgan fingerprint density at radius 2 is 2.05 bits per heavy atom. The van der Waals surface area contributed by atoms with Gasteiger partial charge in [0, 0.05) is 24.6 Å². The van der Waals surface area contributed by atoms with E-state index in [0.29, 0.717) is 12.1 Å². The SMILES string of the molecule is CS(=O)(=O)c1cccc(C2=CNc3ccc(F)cc3C2)n1. The monoisotopic (exact) mass is 304 g/mol. The van der Waals surface area contributed by atoms with E-state index in [9.17, 15) is 12.8 Å². The molecular formula is C15H13FN2O2S. The smallest absolute Gasteiger partial charge is 0.192 e. The van der Waals surface area contributed by atoms with Gasteiger partial charge in [-0.3, -0.25) is 0 Å². The third-order valence-corrected chi connectivity index (χ3v) is 4.27. The highest BCUT2D eigenvalue weighted by atomic mass is 32.2. The number of sulfone groups is 1. The number of aromatic nitrogens is 1. The predicted octanol–water partition coefficient (Wildman–Crippen LogP) is 2.63. The summed E-state index contributed by atoms with van der Waals surface area (Å²) in [5.41, 5.74) is 3.05. The van der Waals surface area contributed by atoms with Crippen molar-refractivity contribution in [2.24, 2.45) is 0 Å². The van der Waals surface area contributed by atoms with Crippen molar-refractivity contribution in [2.45, 2.75) is 11.4 Å². The van der Waals surface area contributed by atoms with Gasteiger partial charge in [-0.25, -0.2) is 17.8 Å². The van der Waals surface area contributed by atoms with Crippen molar-refractivity contribution in [3.8, 4) is 0 Å². The minimum Gasteiger partial charge on any atom is -0.361 e. The largest absolute Gasteiger partial charge is 0.361 e. The van der Waals surface area contributed by atoms with Crippen molar-refractivity contribution in [3.05, 3.63) is 59.7 Å². The summed E-state index contributed by atoms with van der Waals surface area (Å²) >= 11 is 0. The Morgan fingerprint density at radius 3 is 2.81 bits per heavy atom. The zero-order valence-electron chi connectivity index (χ0n) is 11.3. The van der Waals surface area contributed by atoms with E-state index in [2.05, 4.69) is 10.3 Å². The molecule has 2 aromatic rings. The maximum atomic E-state index is 13.3. The molecule has 0 amide bonds. The van der Waals surface area contributed by atoms with Crippen LogP contribution in [-0.4, -0.2) is 19.7 Å². The second kappa shape index (κ2) is 4.96. The molecule has 6 heteroatoms. The highest BCUT2D eigenvalue weighted by molar-refractivity contribution is 7.90. The summed E-state index contributed by atoms with van der Waals surface area (Å²) in [6.45, 7) is 0. The molecule has 21 heavy (non-hydrogen) atoms. The van der Waals surface area contributed by atoms with E-state index in [1.807, 2.05) is 0 Å². The van der Waals surface area contributed by atoms with E-state index in [0.717, 1.165) is 23.1 Å².